The quantitative estimate of drug-likeness (QED) is 0.217. The van der Waals surface area contributed by atoms with Crippen LogP contribution in [-0.4, -0.2) is 12.2 Å². The van der Waals surface area contributed by atoms with Gasteiger partial charge in [0.25, 0.3) is 0 Å². The Bertz CT molecular complexity index is 92.9. The van der Waals surface area contributed by atoms with Gasteiger partial charge in [-0.15, -0.1) is 0 Å². The van der Waals surface area contributed by atoms with E-state index in [-0.39, 0.29) is 0 Å². The maximum Gasteiger partial charge on any atom is 0.420 e. The average Bonchev–Trinajstić information content (AvgIpc) is 1.75. The number of hydrogen-bond donors (Lipinski definition) is 2. The summed E-state index contributed by atoms with van der Waals surface area (Å²) in [6.07, 6.45) is 1.75. The molecule has 0 aromatic heterocycles. The number of rotatable bonds is 0. The molecular weight excluding hydrogens is 110 g/mol. The van der Waals surface area contributed by atoms with Crippen LogP contribution in [0.1, 0.15) is 0 Å². The summed E-state index contributed by atoms with van der Waals surface area (Å²) >= 11 is 0. The standard InChI is InChI=1S/2CHNO.CN/c2*2-1-3;1-2/h2*2H;/q;;-1/p+1. The van der Waals surface area contributed by atoms with Gasteiger partial charge in [0.2, 0.25) is 6.08 Å². The Kier molecular flexibility index (Phi) is 3090. The summed E-state index contributed by atoms with van der Waals surface area (Å²) < 4.78 is 0. The Labute approximate surface area is 45.6 Å². The molecule has 0 heterocycles. The first-order valence-corrected chi connectivity index (χ1v) is 1.17. The fraction of sp³-hybridized carbons (Fsp3) is 0. The van der Waals surface area contributed by atoms with Gasteiger partial charge in [0.05, 0.1) is 0 Å². The monoisotopic (exact) mass is 113 g/mol. The largest absolute Gasteiger partial charge is 0.512 e. The van der Waals surface area contributed by atoms with E-state index in [1.54, 1.807) is 0 Å². The number of nitrogens with one attached hydrogen (secondary N) is 1. The first kappa shape index (κ1) is 16.3. The highest BCUT2D eigenvalue weighted by molar-refractivity contribution is 5.26. The Hall–Kier alpha value is -1.75. The van der Waals surface area contributed by atoms with E-state index in [1.807, 2.05) is 0 Å². The molecule has 0 aromatic rings. The van der Waals surface area contributed by atoms with Gasteiger partial charge in [-0.25, -0.2) is 10.2 Å². The van der Waals surface area contributed by atoms with Crippen LogP contribution in [0.3, 0.4) is 0 Å². The maximum atomic E-state index is 8.46. The van der Waals surface area contributed by atoms with Crippen LogP contribution >= 0.6 is 0 Å². The molecule has 0 aliphatic heterocycles. The van der Waals surface area contributed by atoms with Gasteiger partial charge in [0.15, 0.2) is 0 Å². The van der Waals surface area contributed by atoms with Gasteiger partial charge in [0, 0.05) is 0 Å². The van der Waals surface area contributed by atoms with Gasteiger partial charge in [0.1, 0.15) is 0 Å². The number of hydrogen-bond acceptors (Lipinski definition) is 4. The Morgan fingerprint density at radius 3 is 1.50 bits per heavy atom. The number of nitrogens with two attached hydrogens (primary N) is 1. The van der Waals surface area contributed by atoms with Crippen LogP contribution in [0.15, 0.2) is 0 Å². The van der Waals surface area contributed by atoms with E-state index in [0.29, 0.717) is 0 Å². The van der Waals surface area contributed by atoms with Crippen LogP contribution in [-0.2, 0) is 9.59 Å². The second-order valence-electron chi connectivity index (χ2n) is 0.220. The first-order valence-electron chi connectivity index (χ1n) is 1.17. The highest BCUT2D eigenvalue weighted by Crippen LogP contribution is 0.868. The van der Waals surface area contributed by atoms with Gasteiger partial charge in [-0.3, -0.25) is 0 Å². The van der Waals surface area contributed by atoms with E-state index < -0.39 is 0 Å². The zero-order valence-electron chi connectivity index (χ0n) is 3.84. The summed E-state index contributed by atoms with van der Waals surface area (Å²) in [6.45, 7) is 4.75. The van der Waals surface area contributed by atoms with Crippen LogP contribution in [0.25, 0.3) is 0 Å². The van der Waals surface area contributed by atoms with Crippen molar-refractivity contribution in [2.24, 2.45) is 0 Å². The molecule has 3 N–H and O–H groups in total. The molecule has 0 aromatic carbocycles. The molecule has 0 bridgehead atoms. The van der Waals surface area contributed by atoms with Gasteiger partial charge < -0.3 is 11.8 Å². The summed E-state index contributed by atoms with van der Waals surface area (Å²) in [4.78, 5) is 16.8. The van der Waals surface area contributed by atoms with Crippen molar-refractivity contribution in [3.05, 3.63) is 6.57 Å². The minimum absolute atomic E-state index is 0.750. The summed E-state index contributed by atoms with van der Waals surface area (Å²) in [5.41, 5.74) is 0. The zero-order chi connectivity index (χ0) is 7.41. The summed E-state index contributed by atoms with van der Waals surface area (Å²) in [6, 6.07) is 0. The van der Waals surface area contributed by atoms with Crippen molar-refractivity contribution < 1.29 is 15.0 Å². The maximum absolute atomic E-state index is 8.46. The lowest BCUT2D eigenvalue weighted by molar-refractivity contribution is -0.111. The van der Waals surface area contributed by atoms with Crippen LogP contribution in [0.4, 0.5) is 0 Å². The molecule has 0 unspecified atom stereocenters. The fourth-order valence-electron chi connectivity index (χ4n) is 0. The zero-order valence-corrected chi connectivity index (χ0v) is 3.84. The lowest BCUT2D eigenvalue weighted by Crippen LogP contribution is -2.24. The van der Waals surface area contributed by atoms with E-state index in [9.17, 15) is 0 Å². The second-order valence-corrected chi connectivity index (χ2v) is 0.220. The minimum atomic E-state index is 0.750. The lowest BCUT2D eigenvalue weighted by atomic mass is 11.7. The predicted molar refractivity (Wildman–Crippen MR) is 21.0 cm³/mol. The van der Waals surface area contributed by atoms with Crippen molar-refractivity contribution in [1.29, 1.82) is 10.7 Å². The van der Waals surface area contributed by atoms with Crippen LogP contribution in [0.2, 0.25) is 0 Å². The molecule has 8 heavy (non-hydrogen) atoms. The molecule has 0 amide bonds. The van der Waals surface area contributed by atoms with Crippen LogP contribution in [0.5, 0.6) is 0 Å². The van der Waals surface area contributed by atoms with Crippen LogP contribution in [0, 0.1) is 17.2 Å². The molecule has 5 nitrogen and oxygen atoms in total. The molecule has 0 spiro atoms. The van der Waals surface area contributed by atoms with E-state index in [1.165, 1.54) is 0 Å². The SMILES string of the molecule is N=C=O.[C-]#N.[NH2+]=C=O. The summed E-state index contributed by atoms with van der Waals surface area (Å²) in [5.74, 6) is 0. The smallest absolute Gasteiger partial charge is 0.420 e. The summed E-state index contributed by atoms with van der Waals surface area (Å²) in [7, 11) is 0. The van der Waals surface area contributed by atoms with E-state index in [0.717, 1.165) is 12.2 Å². The van der Waals surface area contributed by atoms with Crippen molar-refractivity contribution in [1.82, 2.24) is 0 Å². The average molecular weight is 113 g/mol. The van der Waals surface area contributed by atoms with E-state index in [2.05, 4.69) is 5.41 Å². The Morgan fingerprint density at radius 2 is 1.50 bits per heavy atom. The molecule has 0 rings (SSSR count). The van der Waals surface area contributed by atoms with Crippen molar-refractivity contribution >= 4 is 12.2 Å². The Balaban J connectivity index is -0.0000000483. The van der Waals surface area contributed by atoms with Crippen molar-refractivity contribution in [3.8, 4) is 0 Å². The molecule has 0 saturated heterocycles. The molecule has 0 aliphatic rings. The molecule has 0 atom stereocenters. The van der Waals surface area contributed by atoms with Gasteiger partial charge in [-0.05, 0) is 0 Å². The number of isocyanates is 2. The molecular formula is C3H3N3O2. The predicted octanol–water partition coefficient (Wildman–Crippen LogP) is -1.92. The molecule has 0 aliphatic carbocycles. The first-order chi connectivity index (χ1) is 3.83. The molecule has 5 heteroatoms. The molecule has 0 radical (unpaired) electrons. The van der Waals surface area contributed by atoms with Gasteiger partial charge in [-0.2, -0.15) is 10.2 Å². The van der Waals surface area contributed by atoms with E-state index in [4.69, 9.17) is 26.8 Å². The highest BCUT2D eigenvalue weighted by atomic mass is 16.1. The van der Waals surface area contributed by atoms with Gasteiger partial charge >= 0.3 is 6.08 Å². The third-order valence-electron chi connectivity index (χ3n) is 0. The molecule has 0 fully saturated rings. The third-order valence-corrected chi connectivity index (χ3v) is 0. The minimum Gasteiger partial charge on any atom is -0.512 e. The highest BCUT2D eigenvalue weighted by Gasteiger charge is 1.17. The topological polar surface area (TPSA) is 107 Å². The van der Waals surface area contributed by atoms with Crippen LogP contribution < -0.4 is 5.41 Å². The number of carbonyl (C=O) groups excluding carboxylic acids is 2. The normalized spacial score (nSPS) is 2.25. The fourth-order valence-corrected chi connectivity index (χ4v) is 0. The van der Waals surface area contributed by atoms with Crippen molar-refractivity contribution in [3.63, 3.8) is 0 Å². The second kappa shape index (κ2) is 1520. The third kappa shape index (κ3) is 14.7. The summed E-state index contributed by atoms with van der Waals surface area (Å²) in [5, 5.41) is 15.7. The Morgan fingerprint density at radius 1 is 1.50 bits per heavy atom. The molecule has 42 valence electrons. The van der Waals surface area contributed by atoms with E-state index >= 15 is 0 Å². The molecule has 0 saturated carbocycles. The van der Waals surface area contributed by atoms with Crippen molar-refractivity contribution in [2.45, 2.75) is 0 Å². The lowest BCUT2D eigenvalue weighted by Gasteiger charge is -1.08. The van der Waals surface area contributed by atoms with Gasteiger partial charge in [-0.1, -0.05) is 0 Å². The van der Waals surface area contributed by atoms with Crippen molar-refractivity contribution in [2.75, 3.05) is 0 Å². The number of nitrogens with zero attached hydrogens (tertiary/aromatic N) is 1.